The zero-order valence-electron chi connectivity index (χ0n) is 12.4. The Balaban J connectivity index is 1.89. The second kappa shape index (κ2) is 6.31. The van der Waals surface area contributed by atoms with Crippen LogP contribution < -0.4 is 19.9 Å². The highest BCUT2D eigenvalue weighted by Crippen LogP contribution is 2.45. The molecule has 2 heterocycles. The van der Waals surface area contributed by atoms with Crippen LogP contribution >= 0.6 is 0 Å². The fourth-order valence-electron chi connectivity index (χ4n) is 2.58. The van der Waals surface area contributed by atoms with Gasteiger partial charge >= 0.3 is 5.97 Å². The van der Waals surface area contributed by atoms with Gasteiger partial charge in [-0.3, -0.25) is 0 Å². The number of ether oxygens (including phenoxy) is 5. The molecular weight excluding hydrogens is 290 g/mol. The quantitative estimate of drug-likeness (QED) is 0.664. The lowest BCUT2D eigenvalue weighted by Gasteiger charge is -2.24. The summed E-state index contributed by atoms with van der Waals surface area (Å²) in [6.07, 6.45) is 2.08. The van der Waals surface area contributed by atoms with E-state index in [1.54, 1.807) is 6.07 Å². The fourth-order valence-corrected chi connectivity index (χ4v) is 2.58. The van der Waals surface area contributed by atoms with E-state index in [-0.39, 0.29) is 23.1 Å². The summed E-state index contributed by atoms with van der Waals surface area (Å²) >= 11 is 0. The number of esters is 1. The largest absolute Gasteiger partial charge is 0.487 e. The molecule has 0 radical (unpaired) electrons. The maximum Gasteiger partial charge on any atom is 0.343 e. The van der Waals surface area contributed by atoms with Gasteiger partial charge in [0.15, 0.2) is 11.5 Å². The van der Waals surface area contributed by atoms with Gasteiger partial charge in [-0.15, -0.1) is 0 Å². The van der Waals surface area contributed by atoms with Crippen LogP contribution in [0.5, 0.6) is 17.2 Å². The van der Waals surface area contributed by atoms with Crippen molar-refractivity contribution in [3.05, 3.63) is 11.6 Å². The molecule has 0 amide bonds. The second-order valence-electron chi connectivity index (χ2n) is 5.13. The standard InChI is InChI=1S/C15H19NO6/c1-18-15(17)12-10(16)7-11(13-14(12)21-6-5-20-13)22-8-9-3-2-4-19-9/h7,9H,2-6,8,16H2,1H3. The molecule has 0 aliphatic carbocycles. The van der Waals surface area contributed by atoms with E-state index >= 15 is 0 Å². The number of carbonyl (C=O) groups is 1. The molecule has 3 rings (SSSR count). The van der Waals surface area contributed by atoms with Crippen LogP contribution in [0.25, 0.3) is 0 Å². The molecule has 7 nitrogen and oxygen atoms in total. The molecule has 1 fully saturated rings. The van der Waals surface area contributed by atoms with Gasteiger partial charge in [-0.2, -0.15) is 0 Å². The molecule has 0 saturated carbocycles. The van der Waals surface area contributed by atoms with Crippen LogP contribution in [0.2, 0.25) is 0 Å². The molecule has 7 heteroatoms. The monoisotopic (exact) mass is 309 g/mol. The third kappa shape index (κ3) is 2.76. The molecule has 2 aliphatic rings. The lowest BCUT2D eigenvalue weighted by atomic mass is 10.1. The number of benzene rings is 1. The molecule has 0 bridgehead atoms. The predicted octanol–water partition coefficient (Wildman–Crippen LogP) is 1.38. The highest BCUT2D eigenvalue weighted by Gasteiger charge is 2.29. The van der Waals surface area contributed by atoms with E-state index in [4.69, 9.17) is 29.4 Å². The highest BCUT2D eigenvalue weighted by molar-refractivity contribution is 6.00. The summed E-state index contributed by atoms with van der Waals surface area (Å²) in [5, 5.41) is 0. The molecular formula is C15H19NO6. The summed E-state index contributed by atoms with van der Waals surface area (Å²) in [6, 6.07) is 1.56. The molecule has 1 atom stereocenters. The second-order valence-corrected chi connectivity index (χ2v) is 5.13. The van der Waals surface area contributed by atoms with Crippen molar-refractivity contribution in [2.75, 3.05) is 39.3 Å². The maximum absolute atomic E-state index is 11.9. The smallest absolute Gasteiger partial charge is 0.343 e. The first-order valence-electron chi connectivity index (χ1n) is 7.25. The van der Waals surface area contributed by atoms with E-state index < -0.39 is 5.97 Å². The zero-order chi connectivity index (χ0) is 15.5. The van der Waals surface area contributed by atoms with Crippen molar-refractivity contribution in [2.24, 2.45) is 0 Å². The van der Waals surface area contributed by atoms with Crippen LogP contribution in [0.3, 0.4) is 0 Å². The van der Waals surface area contributed by atoms with Crippen molar-refractivity contribution >= 4 is 11.7 Å². The maximum atomic E-state index is 11.9. The Kier molecular flexibility index (Phi) is 4.24. The van der Waals surface area contributed by atoms with E-state index in [0.29, 0.717) is 31.3 Å². The van der Waals surface area contributed by atoms with Gasteiger partial charge in [0.25, 0.3) is 0 Å². The molecule has 120 valence electrons. The van der Waals surface area contributed by atoms with Gasteiger partial charge in [0.1, 0.15) is 25.4 Å². The molecule has 1 saturated heterocycles. The van der Waals surface area contributed by atoms with E-state index in [2.05, 4.69) is 0 Å². The van der Waals surface area contributed by atoms with Gasteiger partial charge in [0.2, 0.25) is 5.75 Å². The van der Waals surface area contributed by atoms with Crippen LogP contribution in [0.1, 0.15) is 23.2 Å². The Bertz CT molecular complexity index is 568. The van der Waals surface area contributed by atoms with Crippen molar-refractivity contribution in [2.45, 2.75) is 18.9 Å². The molecule has 1 aromatic carbocycles. The van der Waals surface area contributed by atoms with Crippen LogP contribution in [0.15, 0.2) is 6.07 Å². The number of methoxy groups -OCH3 is 1. The summed E-state index contributed by atoms with van der Waals surface area (Å²) in [4.78, 5) is 11.9. The Morgan fingerprint density at radius 1 is 1.32 bits per heavy atom. The number of nitrogen functional groups attached to an aromatic ring is 1. The third-order valence-electron chi connectivity index (χ3n) is 3.65. The van der Waals surface area contributed by atoms with Crippen molar-refractivity contribution in [1.82, 2.24) is 0 Å². The van der Waals surface area contributed by atoms with Crippen molar-refractivity contribution in [3.63, 3.8) is 0 Å². The first-order chi connectivity index (χ1) is 10.7. The Morgan fingerprint density at radius 2 is 2.09 bits per heavy atom. The molecule has 1 aromatic rings. The Labute approximate surface area is 128 Å². The van der Waals surface area contributed by atoms with Crippen molar-refractivity contribution in [1.29, 1.82) is 0 Å². The van der Waals surface area contributed by atoms with E-state index in [1.807, 2.05) is 0 Å². The van der Waals surface area contributed by atoms with Crippen molar-refractivity contribution < 1.29 is 28.5 Å². The van der Waals surface area contributed by atoms with E-state index in [9.17, 15) is 4.79 Å². The topological polar surface area (TPSA) is 89.2 Å². The number of fused-ring (bicyclic) bond motifs is 1. The van der Waals surface area contributed by atoms with Gasteiger partial charge in [-0.1, -0.05) is 0 Å². The molecule has 2 aliphatic heterocycles. The van der Waals surface area contributed by atoms with Crippen LogP contribution in [-0.4, -0.2) is 45.6 Å². The minimum atomic E-state index is -0.565. The predicted molar refractivity (Wildman–Crippen MR) is 77.7 cm³/mol. The average Bonchev–Trinajstić information content (AvgIpc) is 3.05. The first-order valence-corrected chi connectivity index (χ1v) is 7.25. The summed E-state index contributed by atoms with van der Waals surface area (Å²) in [7, 11) is 1.29. The fraction of sp³-hybridized carbons (Fsp3) is 0.533. The third-order valence-corrected chi connectivity index (χ3v) is 3.65. The number of hydrogen-bond acceptors (Lipinski definition) is 7. The van der Waals surface area contributed by atoms with Crippen molar-refractivity contribution in [3.8, 4) is 17.2 Å². The average molecular weight is 309 g/mol. The summed E-state index contributed by atoms with van der Waals surface area (Å²) in [6.45, 7) is 1.89. The SMILES string of the molecule is COC(=O)c1c(N)cc(OCC2CCCO2)c2c1OCCO2. The van der Waals surface area contributed by atoms with Gasteiger partial charge in [-0.25, -0.2) is 4.79 Å². The molecule has 2 N–H and O–H groups in total. The van der Waals surface area contributed by atoms with Gasteiger partial charge < -0.3 is 29.4 Å². The highest BCUT2D eigenvalue weighted by atomic mass is 16.6. The number of carbonyl (C=O) groups excluding carboxylic acids is 1. The lowest BCUT2D eigenvalue weighted by molar-refractivity contribution is 0.0584. The molecule has 0 aromatic heterocycles. The Morgan fingerprint density at radius 3 is 2.77 bits per heavy atom. The van der Waals surface area contributed by atoms with E-state index in [0.717, 1.165) is 19.4 Å². The first kappa shape index (κ1) is 14.8. The molecule has 22 heavy (non-hydrogen) atoms. The normalized spacial score (nSPS) is 19.8. The van der Waals surface area contributed by atoms with Crippen LogP contribution in [0, 0.1) is 0 Å². The lowest BCUT2D eigenvalue weighted by Crippen LogP contribution is -2.22. The van der Waals surface area contributed by atoms with Crippen LogP contribution in [0.4, 0.5) is 5.69 Å². The van der Waals surface area contributed by atoms with E-state index in [1.165, 1.54) is 7.11 Å². The number of nitrogens with two attached hydrogens (primary N) is 1. The number of rotatable bonds is 4. The zero-order valence-corrected chi connectivity index (χ0v) is 12.4. The summed E-state index contributed by atoms with van der Waals surface area (Å²) in [5.41, 5.74) is 6.36. The molecule has 1 unspecified atom stereocenters. The van der Waals surface area contributed by atoms with Gasteiger partial charge in [0.05, 0.1) is 18.9 Å². The Hall–Kier alpha value is -2.15. The van der Waals surface area contributed by atoms with Crippen LogP contribution in [-0.2, 0) is 9.47 Å². The molecule has 0 spiro atoms. The summed E-state index contributed by atoms with van der Waals surface area (Å²) in [5.74, 6) is 0.555. The van der Waals surface area contributed by atoms with Gasteiger partial charge in [-0.05, 0) is 12.8 Å². The number of hydrogen-bond donors (Lipinski definition) is 1. The summed E-state index contributed by atoms with van der Waals surface area (Å²) < 4.78 is 27.2. The minimum absolute atomic E-state index is 0.0710. The van der Waals surface area contributed by atoms with Gasteiger partial charge in [0, 0.05) is 12.7 Å². The number of anilines is 1. The minimum Gasteiger partial charge on any atom is -0.487 e.